The third-order valence-corrected chi connectivity index (χ3v) is 4.88. The van der Waals surface area contributed by atoms with Crippen LogP contribution >= 0.6 is 0 Å². The molecule has 0 spiro atoms. The van der Waals surface area contributed by atoms with Gasteiger partial charge in [-0.1, -0.05) is 36.4 Å². The first-order valence-corrected chi connectivity index (χ1v) is 7.77. The van der Waals surface area contributed by atoms with Crippen LogP contribution in [-0.2, 0) is 6.54 Å². The second-order valence-corrected chi connectivity index (χ2v) is 6.07. The molecule has 0 radical (unpaired) electrons. The van der Waals surface area contributed by atoms with Gasteiger partial charge in [-0.3, -0.25) is 4.99 Å². The zero-order valence-corrected chi connectivity index (χ0v) is 12.2. The van der Waals surface area contributed by atoms with Crippen molar-refractivity contribution in [2.24, 2.45) is 15.0 Å². The molecule has 0 bridgehead atoms. The van der Waals surface area contributed by atoms with Crippen molar-refractivity contribution in [1.82, 2.24) is 0 Å². The van der Waals surface area contributed by atoms with Crippen LogP contribution in [0.5, 0.6) is 0 Å². The molecule has 0 unspecified atom stereocenters. The summed E-state index contributed by atoms with van der Waals surface area (Å²) in [5, 5.41) is 6.90. The van der Waals surface area contributed by atoms with Crippen LogP contribution in [0.25, 0.3) is 0 Å². The molecule has 23 heavy (non-hydrogen) atoms. The van der Waals surface area contributed by atoms with E-state index in [1.54, 1.807) is 0 Å². The molecule has 0 saturated heterocycles. The van der Waals surface area contributed by atoms with Crippen LogP contribution in [-0.4, -0.2) is 6.21 Å². The molecule has 6 rings (SSSR count). The molecule has 106 valence electrons. The summed E-state index contributed by atoms with van der Waals surface area (Å²) in [6.45, 7) is 0.733. The highest BCUT2D eigenvalue weighted by Gasteiger charge is 2.23. The van der Waals surface area contributed by atoms with E-state index in [0.717, 1.165) is 28.6 Å². The zero-order chi connectivity index (χ0) is 15.0. The standard InChI is InChI=1S/C20H11N3/c1-3-7-15-11(5-1)17-13-9-21-10-14(13)18-12-6-2-4-8-16(12)23-20(18)19(17)22-15/h1-9H,10H2. The van der Waals surface area contributed by atoms with Crippen molar-refractivity contribution in [2.75, 3.05) is 0 Å². The minimum atomic E-state index is 0.733. The van der Waals surface area contributed by atoms with Crippen molar-refractivity contribution in [3.63, 3.8) is 0 Å². The maximum atomic E-state index is 4.90. The van der Waals surface area contributed by atoms with E-state index in [9.17, 15) is 0 Å². The summed E-state index contributed by atoms with van der Waals surface area (Å²) >= 11 is 0. The van der Waals surface area contributed by atoms with E-state index in [-0.39, 0.29) is 0 Å². The van der Waals surface area contributed by atoms with Gasteiger partial charge in [0.05, 0.1) is 28.6 Å². The minimum Gasteiger partial charge on any atom is -0.288 e. The molecule has 0 aliphatic carbocycles. The maximum Gasteiger partial charge on any atom is 0.0986 e. The number of hydrogen-bond acceptors (Lipinski definition) is 3. The number of benzene rings is 3. The highest BCUT2D eigenvalue weighted by Crippen LogP contribution is 2.39. The first kappa shape index (κ1) is 11.5. The monoisotopic (exact) mass is 293 g/mol. The molecule has 3 heterocycles. The topological polar surface area (TPSA) is 37.1 Å². The van der Waals surface area contributed by atoms with Gasteiger partial charge in [0.1, 0.15) is 0 Å². The van der Waals surface area contributed by atoms with E-state index in [2.05, 4.69) is 41.4 Å². The normalized spacial score (nSPS) is 14.4. The summed E-state index contributed by atoms with van der Waals surface area (Å²) in [7, 11) is 0. The van der Waals surface area contributed by atoms with Gasteiger partial charge in [-0.2, -0.15) is 0 Å². The van der Waals surface area contributed by atoms with Gasteiger partial charge in [-0.15, -0.1) is 0 Å². The van der Waals surface area contributed by atoms with Gasteiger partial charge >= 0.3 is 0 Å². The van der Waals surface area contributed by atoms with Crippen LogP contribution < -0.4 is 10.7 Å². The first-order chi connectivity index (χ1) is 11.4. The van der Waals surface area contributed by atoms with Crippen LogP contribution in [0, 0.1) is 20.9 Å². The van der Waals surface area contributed by atoms with Crippen molar-refractivity contribution in [3.8, 4) is 0 Å². The Hall–Kier alpha value is -3.07. The van der Waals surface area contributed by atoms with E-state index >= 15 is 0 Å². The van der Waals surface area contributed by atoms with Crippen LogP contribution in [0.1, 0.15) is 11.1 Å². The lowest BCUT2D eigenvalue weighted by atomic mass is 10.00. The summed E-state index contributed by atoms with van der Waals surface area (Å²) < 4.78 is 0. The Morgan fingerprint density at radius 1 is 0.696 bits per heavy atom. The minimum absolute atomic E-state index is 0.733. The van der Waals surface area contributed by atoms with E-state index in [0.29, 0.717) is 0 Å². The van der Waals surface area contributed by atoms with Crippen molar-refractivity contribution >= 4 is 17.6 Å². The molecular formula is C20H11N3. The summed E-state index contributed by atoms with van der Waals surface area (Å²) in [5.41, 5.74) is 4.53. The Morgan fingerprint density at radius 2 is 1.30 bits per heavy atom. The Labute approximate surface area is 131 Å². The number of fused-ring (bicyclic) bond motifs is 8. The van der Waals surface area contributed by atoms with Crippen molar-refractivity contribution in [2.45, 2.75) is 6.54 Å². The number of aliphatic imine (C=N–C) groups is 1. The lowest BCUT2D eigenvalue weighted by Gasteiger charge is -2.05. The molecule has 0 aromatic heterocycles. The quantitative estimate of drug-likeness (QED) is 0.421. The summed E-state index contributed by atoms with van der Waals surface area (Å²) in [4.78, 5) is 14.3. The maximum absolute atomic E-state index is 4.90. The Bertz CT molecular complexity index is 1380. The number of nitrogens with zero attached hydrogens (tertiary/aromatic N) is 3. The molecular weight excluding hydrogens is 282 g/mol. The number of hydrogen-bond donors (Lipinski definition) is 0. The summed E-state index contributed by atoms with van der Waals surface area (Å²) in [5.74, 6) is 0. The second-order valence-electron chi connectivity index (χ2n) is 6.07. The third kappa shape index (κ3) is 1.29. The fourth-order valence-electron chi connectivity index (χ4n) is 3.91. The van der Waals surface area contributed by atoms with Gasteiger partial charge in [0, 0.05) is 32.7 Å². The lowest BCUT2D eigenvalue weighted by Crippen LogP contribution is -1.99. The SMILES string of the molecule is C1=NCc2c1c1c(c3c2=c2ccccc2=N3)N=c2ccccc2=1. The van der Waals surface area contributed by atoms with E-state index in [1.165, 1.54) is 32.0 Å². The molecule has 3 aliphatic rings. The Morgan fingerprint density at radius 3 is 2.04 bits per heavy atom. The van der Waals surface area contributed by atoms with Gasteiger partial charge < -0.3 is 0 Å². The average Bonchev–Trinajstić information content (AvgIpc) is 3.28. The fraction of sp³-hybridized carbons (Fsp3) is 0.0500. The third-order valence-electron chi connectivity index (χ3n) is 4.88. The van der Waals surface area contributed by atoms with Crippen molar-refractivity contribution in [1.29, 1.82) is 0 Å². The smallest absolute Gasteiger partial charge is 0.0986 e. The van der Waals surface area contributed by atoms with Crippen LogP contribution in [0.2, 0.25) is 0 Å². The van der Waals surface area contributed by atoms with E-state index in [4.69, 9.17) is 9.98 Å². The molecule has 3 heteroatoms. The highest BCUT2D eigenvalue weighted by atomic mass is 14.9. The molecule has 0 amide bonds. The largest absolute Gasteiger partial charge is 0.288 e. The van der Waals surface area contributed by atoms with Crippen LogP contribution in [0.3, 0.4) is 0 Å². The van der Waals surface area contributed by atoms with E-state index < -0.39 is 0 Å². The molecule has 3 nitrogen and oxygen atoms in total. The van der Waals surface area contributed by atoms with Gasteiger partial charge in [-0.25, -0.2) is 9.98 Å². The zero-order valence-electron chi connectivity index (χ0n) is 12.2. The molecule has 3 aliphatic heterocycles. The molecule has 0 saturated carbocycles. The fourth-order valence-corrected chi connectivity index (χ4v) is 3.91. The predicted octanol–water partition coefficient (Wildman–Crippen LogP) is 2.72. The number of para-hydroxylation sites is 2. The van der Waals surface area contributed by atoms with Crippen molar-refractivity contribution < 1.29 is 0 Å². The van der Waals surface area contributed by atoms with E-state index in [1.807, 2.05) is 18.3 Å². The van der Waals surface area contributed by atoms with Gasteiger partial charge in [-0.05, 0) is 17.7 Å². The van der Waals surface area contributed by atoms with Gasteiger partial charge in [0.25, 0.3) is 0 Å². The van der Waals surface area contributed by atoms with Crippen LogP contribution in [0.4, 0.5) is 11.4 Å². The highest BCUT2D eigenvalue weighted by molar-refractivity contribution is 5.89. The molecule has 0 atom stereocenters. The Kier molecular flexibility index (Phi) is 1.91. The summed E-state index contributed by atoms with van der Waals surface area (Å²) in [6, 6.07) is 16.7. The predicted molar refractivity (Wildman–Crippen MR) is 87.6 cm³/mol. The average molecular weight is 293 g/mol. The lowest BCUT2D eigenvalue weighted by molar-refractivity contribution is 1.09. The van der Waals surface area contributed by atoms with Gasteiger partial charge in [0.15, 0.2) is 0 Å². The van der Waals surface area contributed by atoms with Gasteiger partial charge in [0.2, 0.25) is 0 Å². The van der Waals surface area contributed by atoms with Crippen LogP contribution in [0.15, 0.2) is 63.5 Å². The summed E-state index contributed by atoms with van der Waals surface area (Å²) in [6.07, 6.45) is 2.01. The number of rotatable bonds is 0. The molecule has 3 aromatic carbocycles. The first-order valence-electron chi connectivity index (χ1n) is 7.77. The molecule has 3 aromatic rings. The Balaban J connectivity index is 2.02. The molecule has 0 N–H and O–H groups in total. The molecule has 0 fully saturated rings. The van der Waals surface area contributed by atoms with Crippen molar-refractivity contribution in [3.05, 3.63) is 91.2 Å². The second kappa shape index (κ2) is 3.82.